The SMILES string of the molecule is Cl.ClCCN(CCCl)c1ccc(CCCCN2CCCCC2)cc1. The largest absolute Gasteiger partial charge is 0.369 e. The quantitative estimate of drug-likeness (QED) is 0.398. The van der Waals surface area contributed by atoms with E-state index in [2.05, 4.69) is 34.1 Å². The summed E-state index contributed by atoms with van der Waals surface area (Å²) in [6.45, 7) is 5.60. The first-order valence-electron chi connectivity index (χ1n) is 9.01. The number of hydrogen-bond donors (Lipinski definition) is 0. The van der Waals surface area contributed by atoms with E-state index in [9.17, 15) is 0 Å². The number of aryl methyl sites for hydroxylation is 1. The van der Waals surface area contributed by atoms with Crippen molar-refractivity contribution in [2.75, 3.05) is 49.4 Å². The average molecular weight is 394 g/mol. The monoisotopic (exact) mass is 392 g/mol. The van der Waals surface area contributed by atoms with E-state index in [1.807, 2.05) is 0 Å². The highest BCUT2D eigenvalue weighted by molar-refractivity contribution is 6.18. The minimum atomic E-state index is 0. The molecule has 1 fully saturated rings. The number of anilines is 1. The molecular weight excluding hydrogens is 363 g/mol. The van der Waals surface area contributed by atoms with Crippen LogP contribution < -0.4 is 4.90 Å². The molecule has 0 atom stereocenters. The number of benzene rings is 1. The number of hydrogen-bond acceptors (Lipinski definition) is 2. The minimum absolute atomic E-state index is 0. The lowest BCUT2D eigenvalue weighted by molar-refractivity contribution is 0.225. The van der Waals surface area contributed by atoms with Crippen LogP contribution in [0.2, 0.25) is 0 Å². The van der Waals surface area contributed by atoms with Crippen molar-refractivity contribution in [1.29, 1.82) is 0 Å². The number of halogens is 3. The van der Waals surface area contributed by atoms with Crippen molar-refractivity contribution in [3.05, 3.63) is 29.8 Å². The Hall–Kier alpha value is -0.150. The van der Waals surface area contributed by atoms with Crippen LogP contribution in [0.5, 0.6) is 0 Å². The predicted octanol–water partition coefficient (Wildman–Crippen LogP) is 5.20. The van der Waals surface area contributed by atoms with Crippen molar-refractivity contribution in [3.8, 4) is 0 Å². The van der Waals surface area contributed by atoms with Crippen LogP contribution in [-0.2, 0) is 6.42 Å². The van der Waals surface area contributed by atoms with Crippen LogP contribution in [0.1, 0.15) is 37.7 Å². The molecule has 1 aliphatic rings. The summed E-state index contributed by atoms with van der Waals surface area (Å²) >= 11 is 11.7. The van der Waals surface area contributed by atoms with Gasteiger partial charge in [0.15, 0.2) is 0 Å². The summed E-state index contributed by atoms with van der Waals surface area (Å²) in [6, 6.07) is 8.93. The Bertz CT molecular complexity index is 413. The number of unbranched alkanes of at least 4 members (excludes halogenated alkanes) is 1. The van der Waals surface area contributed by atoms with Crippen LogP contribution in [0, 0.1) is 0 Å². The summed E-state index contributed by atoms with van der Waals surface area (Å²) in [4.78, 5) is 4.88. The van der Waals surface area contributed by atoms with Crippen LogP contribution in [0.25, 0.3) is 0 Å². The minimum Gasteiger partial charge on any atom is -0.369 e. The van der Waals surface area contributed by atoms with Gasteiger partial charge in [-0.2, -0.15) is 0 Å². The zero-order valence-corrected chi connectivity index (χ0v) is 16.9. The second-order valence-electron chi connectivity index (χ2n) is 6.39. The molecule has 0 N–H and O–H groups in total. The molecule has 0 bridgehead atoms. The van der Waals surface area contributed by atoms with Gasteiger partial charge >= 0.3 is 0 Å². The first-order chi connectivity index (χ1) is 11.3. The Labute approximate surface area is 163 Å². The third kappa shape index (κ3) is 7.82. The Balaban J connectivity index is 0.00000288. The molecule has 0 unspecified atom stereocenters. The summed E-state index contributed by atoms with van der Waals surface area (Å²) in [5, 5.41) is 0. The van der Waals surface area contributed by atoms with Crippen molar-refractivity contribution in [2.24, 2.45) is 0 Å². The normalized spacial score (nSPS) is 15.1. The van der Waals surface area contributed by atoms with Gasteiger partial charge in [0, 0.05) is 30.5 Å². The molecule has 2 rings (SSSR count). The Kier molecular flexibility index (Phi) is 12.0. The molecule has 138 valence electrons. The highest BCUT2D eigenvalue weighted by Gasteiger charge is 2.09. The second kappa shape index (κ2) is 13.1. The summed E-state index contributed by atoms with van der Waals surface area (Å²) in [7, 11) is 0. The number of alkyl halides is 2. The highest BCUT2D eigenvalue weighted by Crippen LogP contribution is 2.17. The van der Waals surface area contributed by atoms with Gasteiger partial charge in [0.25, 0.3) is 0 Å². The van der Waals surface area contributed by atoms with E-state index < -0.39 is 0 Å². The molecule has 1 saturated heterocycles. The Morgan fingerprint density at radius 1 is 0.875 bits per heavy atom. The molecule has 0 aliphatic carbocycles. The summed E-state index contributed by atoms with van der Waals surface area (Å²) in [5.41, 5.74) is 2.66. The summed E-state index contributed by atoms with van der Waals surface area (Å²) < 4.78 is 0. The second-order valence-corrected chi connectivity index (χ2v) is 7.15. The molecule has 5 heteroatoms. The van der Waals surface area contributed by atoms with Gasteiger partial charge in [0.05, 0.1) is 0 Å². The molecule has 0 spiro atoms. The zero-order valence-electron chi connectivity index (χ0n) is 14.6. The van der Waals surface area contributed by atoms with Crippen molar-refractivity contribution in [3.63, 3.8) is 0 Å². The third-order valence-electron chi connectivity index (χ3n) is 4.65. The first-order valence-corrected chi connectivity index (χ1v) is 10.1. The fraction of sp³-hybridized carbons (Fsp3) is 0.684. The fourth-order valence-electron chi connectivity index (χ4n) is 3.30. The van der Waals surface area contributed by atoms with Gasteiger partial charge < -0.3 is 9.80 Å². The van der Waals surface area contributed by atoms with Gasteiger partial charge in [-0.05, 0) is 69.4 Å². The van der Waals surface area contributed by atoms with Crippen LogP contribution in [0.3, 0.4) is 0 Å². The van der Waals surface area contributed by atoms with E-state index in [1.54, 1.807) is 0 Å². The van der Waals surface area contributed by atoms with E-state index in [0.29, 0.717) is 11.8 Å². The third-order valence-corrected chi connectivity index (χ3v) is 4.99. The molecule has 1 aliphatic heterocycles. The van der Waals surface area contributed by atoms with E-state index in [1.165, 1.54) is 69.4 Å². The molecule has 1 heterocycles. The summed E-state index contributed by atoms with van der Waals surface area (Å²) in [6.07, 6.45) is 7.98. The van der Waals surface area contributed by atoms with Crippen molar-refractivity contribution >= 4 is 41.3 Å². The molecule has 1 aromatic rings. The van der Waals surface area contributed by atoms with Gasteiger partial charge in [-0.1, -0.05) is 18.6 Å². The van der Waals surface area contributed by atoms with Crippen molar-refractivity contribution in [1.82, 2.24) is 4.90 Å². The lowest BCUT2D eigenvalue weighted by Gasteiger charge is -2.26. The molecular formula is C19H31Cl3N2. The van der Waals surface area contributed by atoms with Gasteiger partial charge in [-0.15, -0.1) is 35.6 Å². The van der Waals surface area contributed by atoms with E-state index >= 15 is 0 Å². The van der Waals surface area contributed by atoms with Crippen LogP contribution in [-0.4, -0.2) is 49.4 Å². The number of nitrogens with zero attached hydrogens (tertiary/aromatic N) is 2. The lowest BCUT2D eigenvalue weighted by atomic mass is 10.1. The standard InChI is InChI=1S/C19H30Cl2N2.ClH/c20-11-16-23(17-12-21)19-9-7-18(8-10-19)6-2-5-15-22-13-3-1-4-14-22;/h7-10H,1-6,11-17H2;1H. The van der Waals surface area contributed by atoms with Gasteiger partial charge in [-0.25, -0.2) is 0 Å². The molecule has 1 aromatic carbocycles. The molecule has 0 radical (unpaired) electrons. The number of rotatable bonds is 10. The van der Waals surface area contributed by atoms with Crippen LogP contribution in [0.4, 0.5) is 5.69 Å². The van der Waals surface area contributed by atoms with Gasteiger partial charge in [-0.3, -0.25) is 0 Å². The first kappa shape index (κ1) is 21.9. The predicted molar refractivity (Wildman–Crippen MR) is 111 cm³/mol. The van der Waals surface area contributed by atoms with Gasteiger partial charge in [0.1, 0.15) is 0 Å². The van der Waals surface area contributed by atoms with Crippen molar-refractivity contribution in [2.45, 2.75) is 38.5 Å². The molecule has 24 heavy (non-hydrogen) atoms. The maximum atomic E-state index is 5.87. The molecule has 0 saturated carbocycles. The van der Waals surface area contributed by atoms with Crippen LogP contribution in [0.15, 0.2) is 24.3 Å². The fourth-order valence-corrected chi connectivity index (χ4v) is 3.70. The highest BCUT2D eigenvalue weighted by atomic mass is 35.5. The molecule has 2 nitrogen and oxygen atoms in total. The zero-order chi connectivity index (χ0) is 16.3. The van der Waals surface area contributed by atoms with Crippen LogP contribution >= 0.6 is 35.6 Å². The maximum absolute atomic E-state index is 5.87. The number of piperidine rings is 1. The maximum Gasteiger partial charge on any atom is 0.0399 e. The Morgan fingerprint density at radius 3 is 2.08 bits per heavy atom. The van der Waals surface area contributed by atoms with E-state index in [0.717, 1.165) is 13.1 Å². The number of likely N-dealkylation sites (tertiary alicyclic amines) is 1. The van der Waals surface area contributed by atoms with Crippen molar-refractivity contribution < 1.29 is 0 Å². The Morgan fingerprint density at radius 2 is 1.50 bits per heavy atom. The smallest absolute Gasteiger partial charge is 0.0399 e. The lowest BCUT2D eigenvalue weighted by Crippen LogP contribution is -2.30. The van der Waals surface area contributed by atoms with E-state index in [-0.39, 0.29) is 12.4 Å². The average Bonchev–Trinajstić information content (AvgIpc) is 2.60. The topological polar surface area (TPSA) is 6.48 Å². The molecule has 0 aromatic heterocycles. The van der Waals surface area contributed by atoms with Gasteiger partial charge in [0.2, 0.25) is 0 Å². The van der Waals surface area contributed by atoms with E-state index in [4.69, 9.17) is 23.2 Å². The molecule has 0 amide bonds. The summed E-state index contributed by atoms with van der Waals surface area (Å²) in [5.74, 6) is 1.27.